The Kier molecular flexibility index (Phi) is 7.17. The fraction of sp³-hybridized carbons (Fsp3) is 0.231. The number of nitrogens with zero attached hydrogens (tertiary/aromatic N) is 2. The quantitative estimate of drug-likeness (QED) is 0.331. The Bertz CT molecular complexity index is 1540. The first-order chi connectivity index (χ1) is 17.4. The Morgan fingerprint density at radius 1 is 1.05 bits per heavy atom. The van der Waals surface area contributed by atoms with Crippen molar-refractivity contribution in [2.45, 2.75) is 39.4 Å². The van der Waals surface area contributed by atoms with Gasteiger partial charge in [0.25, 0.3) is 11.5 Å². The molecule has 0 aliphatic carbocycles. The van der Waals surface area contributed by atoms with E-state index in [9.17, 15) is 27.6 Å². The lowest BCUT2D eigenvalue weighted by Crippen LogP contribution is -2.28. The van der Waals surface area contributed by atoms with Crippen LogP contribution >= 0.6 is 11.3 Å². The molecular weight excluding hydrogens is 505 g/mol. The number of aromatic nitrogens is 2. The van der Waals surface area contributed by atoms with E-state index in [0.717, 1.165) is 33.6 Å². The summed E-state index contributed by atoms with van der Waals surface area (Å²) < 4.78 is 40.1. The molecule has 192 valence electrons. The number of benzene rings is 2. The van der Waals surface area contributed by atoms with Gasteiger partial charge in [0, 0.05) is 11.4 Å². The van der Waals surface area contributed by atoms with Crippen molar-refractivity contribution in [1.29, 1.82) is 0 Å². The van der Waals surface area contributed by atoms with Gasteiger partial charge < -0.3 is 10.6 Å². The Hall–Kier alpha value is -3.99. The lowest BCUT2D eigenvalue weighted by atomic mass is 10.0. The van der Waals surface area contributed by atoms with Crippen LogP contribution in [0.3, 0.4) is 0 Å². The fourth-order valence-electron chi connectivity index (χ4n) is 3.76. The summed E-state index contributed by atoms with van der Waals surface area (Å²) >= 11 is 0.950. The van der Waals surface area contributed by atoms with Crippen LogP contribution in [0.5, 0.6) is 0 Å². The summed E-state index contributed by atoms with van der Waals surface area (Å²) in [4.78, 5) is 43.1. The molecule has 11 heteroatoms. The number of alkyl halides is 3. The molecule has 0 radical (unpaired) electrons. The van der Waals surface area contributed by atoms with Gasteiger partial charge in [-0.3, -0.25) is 19.0 Å². The molecule has 2 aromatic heterocycles. The van der Waals surface area contributed by atoms with Crippen molar-refractivity contribution in [3.05, 3.63) is 86.8 Å². The smallest absolute Gasteiger partial charge is 0.325 e. The molecule has 4 aromatic rings. The predicted octanol–water partition coefficient (Wildman–Crippen LogP) is 5.80. The van der Waals surface area contributed by atoms with Crippen LogP contribution in [-0.4, -0.2) is 21.4 Å². The molecule has 4 rings (SSSR count). The van der Waals surface area contributed by atoms with Crippen LogP contribution in [0.2, 0.25) is 0 Å². The molecule has 0 aliphatic heterocycles. The van der Waals surface area contributed by atoms with Crippen LogP contribution in [0.1, 0.15) is 46.1 Å². The molecular formula is C26H23F3N4O3S. The normalized spacial score (nSPS) is 11.6. The maximum absolute atomic E-state index is 13.1. The number of halogens is 3. The van der Waals surface area contributed by atoms with Crippen molar-refractivity contribution in [3.63, 3.8) is 0 Å². The number of rotatable bonds is 6. The summed E-state index contributed by atoms with van der Waals surface area (Å²) in [7, 11) is 0. The third kappa shape index (κ3) is 5.72. The minimum Gasteiger partial charge on any atom is -0.325 e. The molecule has 2 amide bonds. The minimum absolute atomic E-state index is 0.0276. The SMILES string of the molecule is Cc1c(C(=O)Nc2cccc(C(F)(F)F)c2)sc2ncn(CC(=O)Nc3ccc(C(C)C)cc3)c(=O)c12. The van der Waals surface area contributed by atoms with Gasteiger partial charge in [-0.05, 0) is 54.3 Å². The maximum Gasteiger partial charge on any atom is 0.416 e. The predicted molar refractivity (Wildman–Crippen MR) is 137 cm³/mol. The van der Waals surface area contributed by atoms with Crippen LogP contribution < -0.4 is 16.2 Å². The van der Waals surface area contributed by atoms with Gasteiger partial charge in [-0.25, -0.2) is 4.98 Å². The van der Waals surface area contributed by atoms with E-state index in [0.29, 0.717) is 17.2 Å². The average molecular weight is 529 g/mol. The zero-order chi connectivity index (χ0) is 26.9. The van der Waals surface area contributed by atoms with Crippen molar-refractivity contribution in [2.75, 3.05) is 10.6 Å². The first-order valence-corrected chi connectivity index (χ1v) is 12.1. The Morgan fingerprint density at radius 3 is 2.41 bits per heavy atom. The third-order valence-corrected chi connectivity index (χ3v) is 6.94. The van der Waals surface area contributed by atoms with Gasteiger partial charge in [-0.15, -0.1) is 11.3 Å². The number of nitrogens with one attached hydrogen (secondary N) is 2. The van der Waals surface area contributed by atoms with Gasteiger partial charge >= 0.3 is 6.18 Å². The topological polar surface area (TPSA) is 93.1 Å². The number of carbonyl (C=O) groups excluding carboxylic acids is 2. The summed E-state index contributed by atoms with van der Waals surface area (Å²) in [5.74, 6) is -0.726. The Morgan fingerprint density at radius 2 is 1.76 bits per heavy atom. The van der Waals surface area contributed by atoms with E-state index < -0.39 is 29.1 Å². The molecule has 2 aromatic carbocycles. The van der Waals surface area contributed by atoms with Gasteiger partial charge in [-0.1, -0.05) is 32.0 Å². The van der Waals surface area contributed by atoms with E-state index in [1.807, 2.05) is 12.1 Å². The summed E-state index contributed by atoms with van der Waals surface area (Å²) in [5, 5.41) is 5.37. The van der Waals surface area contributed by atoms with E-state index >= 15 is 0 Å². The highest BCUT2D eigenvalue weighted by Crippen LogP contribution is 2.32. The molecule has 0 atom stereocenters. The van der Waals surface area contributed by atoms with E-state index in [1.54, 1.807) is 19.1 Å². The Balaban J connectivity index is 1.53. The number of thiophene rings is 1. The standard InChI is InChI=1S/C26H23F3N4O3S/c1-14(2)16-7-9-18(10-8-16)31-20(34)12-33-13-30-24-21(25(33)36)15(3)22(37-24)23(35)32-19-6-4-5-17(11-19)26(27,28)29/h4-11,13-14H,12H2,1-3H3,(H,31,34)(H,32,35). The summed E-state index contributed by atoms with van der Waals surface area (Å²) in [5.41, 5.74) is 0.641. The minimum atomic E-state index is -4.55. The van der Waals surface area contributed by atoms with E-state index in [-0.39, 0.29) is 27.3 Å². The molecule has 2 N–H and O–H groups in total. The zero-order valence-electron chi connectivity index (χ0n) is 20.1. The molecule has 2 heterocycles. The lowest BCUT2D eigenvalue weighted by Gasteiger charge is -2.10. The highest BCUT2D eigenvalue weighted by Gasteiger charge is 2.30. The average Bonchev–Trinajstić information content (AvgIpc) is 3.18. The lowest BCUT2D eigenvalue weighted by molar-refractivity contribution is -0.137. The summed E-state index contributed by atoms with van der Waals surface area (Å²) in [6.45, 7) is 5.41. The number of aryl methyl sites for hydroxylation is 1. The highest BCUT2D eigenvalue weighted by molar-refractivity contribution is 7.20. The van der Waals surface area contributed by atoms with E-state index in [2.05, 4.69) is 29.5 Å². The highest BCUT2D eigenvalue weighted by atomic mass is 32.1. The second-order valence-electron chi connectivity index (χ2n) is 8.77. The molecule has 0 aliphatic rings. The van der Waals surface area contributed by atoms with E-state index in [1.165, 1.54) is 18.5 Å². The van der Waals surface area contributed by atoms with Crippen molar-refractivity contribution >= 4 is 44.7 Å². The number of hydrogen-bond donors (Lipinski definition) is 2. The zero-order valence-corrected chi connectivity index (χ0v) is 21.0. The van der Waals surface area contributed by atoms with Gasteiger partial charge in [0.1, 0.15) is 11.4 Å². The Labute approximate surface area is 214 Å². The third-order valence-electron chi connectivity index (χ3n) is 5.75. The first-order valence-electron chi connectivity index (χ1n) is 11.3. The van der Waals surface area contributed by atoms with E-state index in [4.69, 9.17) is 0 Å². The van der Waals surface area contributed by atoms with Crippen LogP contribution in [0.4, 0.5) is 24.5 Å². The molecule has 0 bridgehead atoms. The molecule has 7 nitrogen and oxygen atoms in total. The summed E-state index contributed by atoms with van der Waals surface area (Å²) in [6, 6.07) is 11.7. The van der Waals surface area contributed by atoms with Gasteiger partial charge in [0.15, 0.2) is 0 Å². The second kappa shape index (κ2) is 10.2. The van der Waals surface area contributed by atoms with Gasteiger partial charge in [-0.2, -0.15) is 13.2 Å². The first kappa shape index (κ1) is 26.1. The van der Waals surface area contributed by atoms with Crippen LogP contribution in [-0.2, 0) is 17.5 Å². The van der Waals surface area contributed by atoms with Crippen molar-refractivity contribution in [1.82, 2.24) is 9.55 Å². The number of hydrogen-bond acceptors (Lipinski definition) is 5. The van der Waals surface area contributed by atoms with Crippen molar-refractivity contribution in [2.24, 2.45) is 0 Å². The second-order valence-corrected chi connectivity index (χ2v) is 9.77. The van der Waals surface area contributed by atoms with Crippen LogP contribution in [0, 0.1) is 6.92 Å². The molecule has 0 saturated heterocycles. The van der Waals surface area contributed by atoms with Crippen molar-refractivity contribution in [3.8, 4) is 0 Å². The molecule has 0 fully saturated rings. The number of carbonyl (C=O) groups is 2. The van der Waals surface area contributed by atoms with Crippen molar-refractivity contribution < 1.29 is 22.8 Å². The fourth-order valence-corrected chi connectivity index (χ4v) is 4.79. The summed E-state index contributed by atoms with van der Waals surface area (Å²) in [6.07, 6.45) is -3.32. The van der Waals surface area contributed by atoms with Gasteiger partial charge in [0.05, 0.1) is 22.2 Å². The molecule has 37 heavy (non-hydrogen) atoms. The maximum atomic E-state index is 13.1. The molecule has 0 unspecified atom stereocenters. The van der Waals surface area contributed by atoms with Crippen LogP contribution in [0.15, 0.2) is 59.7 Å². The number of amides is 2. The largest absolute Gasteiger partial charge is 0.416 e. The molecule has 0 saturated carbocycles. The van der Waals surface area contributed by atoms with Crippen LogP contribution in [0.25, 0.3) is 10.2 Å². The number of fused-ring (bicyclic) bond motifs is 1. The monoisotopic (exact) mass is 528 g/mol. The molecule has 0 spiro atoms. The van der Waals surface area contributed by atoms with Gasteiger partial charge in [0.2, 0.25) is 5.91 Å². The number of anilines is 2.